The first-order valence-corrected chi connectivity index (χ1v) is 6.49. The molecule has 1 heterocycles. The molecule has 16 heavy (non-hydrogen) atoms. The fourth-order valence-corrected chi connectivity index (χ4v) is 2.11. The van der Waals surface area contributed by atoms with Crippen molar-refractivity contribution in [2.75, 3.05) is 11.9 Å². The monoisotopic (exact) mass is 284 g/mol. The van der Waals surface area contributed by atoms with E-state index in [1.165, 1.54) is 0 Å². The van der Waals surface area contributed by atoms with Gasteiger partial charge in [-0.05, 0) is 54.8 Å². The Morgan fingerprint density at radius 1 is 1.50 bits per heavy atom. The summed E-state index contributed by atoms with van der Waals surface area (Å²) in [5, 5.41) is 3.42. The molecule has 1 aliphatic rings. The molecule has 0 aromatic carbocycles. The smallest absolute Gasteiger partial charge is 0.126 e. The van der Waals surface area contributed by atoms with Crippen LogP contribution in [0.4, 0.5) is 5.82 Å². The van der Waals surface area contributed by atoms with Crippen LogP contribution >= 0.6 is 15.9 Å². The summed E-state index contributed by atoms with van der Waals surface area (Å²) in [6.07, 6.45) is 2.62. The van der Waals surface area contributed by atoms with Crippen molar-refractivity contribution in [1.82, 2.24) is 4.98 Å². The third-order valence-electron chi connectivity index (χ3n) is 2.87. The minimum Gasteiger partial charge on any atom is -0.378 e. The highest BCUT2D eigenvalue weighted by atomic mass is 79.9. The number of hydrogen-bond donors (Lipinski definition) is 1. The summed E-state index contributed by atoms with van der Waals surface area (Å²) < 4.78 is 6.58. The number of rotatable bonds is 4. The highest BCUT2D eigenvalue weighted by Crippen LogP contribution is 2.26. The van der Waals surface area contributed by atoms with Gasteiger partial charge in [-0.15, -0.1) is 0 Å². The lowest BCUT2D eigenvalue weighted by Gasteiger charge is -2.35. The molecule has 0 saturated heterocycles. The van der Waals surface area contributed by atoms with Crippen LogP contribution in [-0.4, -0.2) is 23.7 Å². The maximum atomic E-state index is 5.52. The molecule has 0 bridgehead atoms. The number of nitrogens with zero attached hydrogens (tertiary/aromatic N) is 1. The number of aryl methyl sites for hydroxylation is 1. The van der Waals surface area contributed by atoms with Crippen LogP contribution in [0.2, 0.25) is 0 Å². The number of nitrogens with one attached hydrogen (secondary N) is 1. The molecule has 1 aliphatic carbocycles. The highest BCUT2D eigenvalue weighted by Gasteiger charge is 2.29. The molecule has 0 unspecified atom stereocenters. The molecule has 0 aliphatic heterocycles. The zero-order chi connectivity index (χ0) is 11.5. The fraction of sp³-hybridized carbons (Fsp3) is 0.583. The molecule has 0 radical (unpaired) electrons. The number of anilines is 1. The molecule has 1 N–H and O–H groups in total. The molecule has 1 aromatic rings. The molecule has 88 valence electrons. The van der Waals surface area contributed by atoms with Crippen molar-refractivity contribution >= 4 is 21.7 Å². The van der Waals surface area contributed by atoms with Crippen LogP contribution in [0.1, 0.15) is 25.5 Å². The largest absolute Gasteiger partial charge is 0.378 e. The van der Waals surface area contributed by atoms with Gasteiger partial charge in [0.15, 0.2) is 0 Å². The van der Waals surface area contributed by atoms with E-state index >= 15 is 0 Å². The first kappa shape index (κ1) is 11.9. The fourth-order valence-electron chi connectivity index (χ4n) is 1.89. The Morgan fingerprint density at radius 3 is 2.88 bits per heavy atom. The van der Waals surface area contributed by atoms with Crippen LogP contribution in [0.25, 0.3) is 0 Å². The Hall–Kier alpha value is -0.610. The molecule has 1 saturated carbocycles. The van der Waals surface area contributed by atoms with Gasteiger partial charge in [0.1, 0.15) is 5.82 Å². The predicted molar refractivity (Wildman–Crippen MR) is 68.7 cm³/mol. The number of ether oxygens (including phenoxy) is 1. The second-order valence-electron chi connectivity index (χ2n) is 4.15. The van der Waals surface area contributed by atoms with Crippen molar-refractivity contribution in [3.63, 3.8) is 0 Å². The van der Waals surface area contributed by atoms with Crippen LogP contribution in [0.5, 0.6) is 0 Å². The van der Waals surface area contributed by atoms with E-state index in [1.807, 2.05) is 26.0 Å². The summed E-state index contributed by atoms with van der Waals surface area (Å²) in [4.78, 5) is 4.47. The normalized spacial score (nSPS) is 23.9. The molecular formula is C12H17BrN2O. The van der Waals surface area contributed by atoms with Gasteiger partial charge in [-0.3, -0.25) is 0 Å². The van der Waals surface area contributed by atoms with Crippen molar-refractivity contribution in [3.8, 4) is 0 Å². The number of halogens is 1. The zero-order valence-corrected chi connectivity index (χ0v) is 11.3. The van der Waals surface area contributed by atoms with E-state index in [2.05, 4.69) is 26.2 Å². The SMILES string of the molecule is CCOC1CC(Nc2ccc(Br)c(C)n2)C1. The van der Waals surface area contributed by atoms with Crippen molar-refractivity contribution in [2.24, 2.45) is 0 Å². The van der Waals surface area contributed by atoms with E-state index in [9.17, 15) is 0 Å². The lowest BCUT2D eigenvalue weighted by atomic mass is 9.89. The molecule has 4 heteroatoms. The van der Waals surface area contributed by atoms with Gasteiger partial charge in [-0.2, -0.15) is 0 Å². The summed E-state index contributed by atoms with van der Waals surface area (Å²) in [5.41, 5.74) is 1.02. The average molecular weight is 285 g/mol. The standard InChI is InChI=1S/C12H17BrN2O/c1-3-16-10-6-9(7-10)15-12-5-4-11(13)8(2)14-12/h4-5,9-10H,3,6-7H2,1-2H3,(H,14,15). The van der Waals surface area contributed by atoms with Gasteiger partial charge in [0.25, 0.3) is 0 Å². The first-order valence-electron chi connectivity index (χ1n) is 5.70. The molecule has 2 rings (SSSR count). The summed E-state index contributed by atoms with van der Waals surface area (Å²) in [6, 6.07) is 4.55. The first-order chi connectivity index (χ1) is 7.69. The van der Waals surface area contributed by atoms with Gasteiger partial charge in [-0.25, -0.2) is 4.98 Å². The maximum absolute atomic E-state index is 5.52. The van der Waals surface area contributed by atoms with E-state index in [0.29, 0.717) is 12.1 Å². The molecular weight excluding hydrogens is 268 g/mol. The molecule has 1 fully saturated rings. The van der Waals surface area contributed by atoms with E-state index in [-0.39, 0.29) is 0 Å². The Bertz CT molecular complexity index is 364. The second-order valence-corrected chi connectivity index (χ2v) is 5.01. The third kappa shape index (κ3) is 2.74. The zero-order valence-electron chi connectivity index (χ0n) is 9.66. The van der Waals surface area contributed by atoms with Crippen LogP contribution in [0.15, 0.2) is 16.6 Å². The van der Waals surface area contributed by atoms with Crippen LogP contribution in [-0.2, 0) is 4.74 Å². The van der Waals surface area contributed by atoms with Crippen LogP contribution in [0.3, 0.4) is 0 Å². The Kier molecular flexibility index (Phi) is 3.82. The Morgan fingerprint density at radius 2 is 2.25 bits per heavy atom. The summed E-state index contributed by atoms with van der Waals surface area (Å²) >= 11 is 3.45. The number of aromatic nitrogens is 1. The van der Waals surface area contributed by atoms with Gasteiger partial charge in [0.2, 0.25) is 0 Å². The van der Waals surface area contributed by atoms with E-state index < -0.39 is 0 Å². The highest BCUT2D eigenvalue weighted by molar-refractivity contribution is 9.10. The van der Waals surface area contributed by atoms with Gasteiger partial charge in [-0.1, -0.05) is 0 Å². The maximum Gasteiger partial charge on any atom is 0.126 e. The van der Waals surface area contributed by atoms with E-state index in [4.69, 9.17) is 4.74 Å². The van der Waals surface area contributed by atoms with Crippen LogP contribution < -0.4 is 5.32 Å². The van der Waals surface area contributed by atoms with Gasteiger partial charge in [0, 0.05) is 17.1 Å². The number of hydrogen-bond acceptors (Lipinski definition) is 3. The Balaban J connectivity index is 1.84. The second kappa shape index (κ2) is 5.15. The lowest BCUT2D eigenvalue weighted by molar-refractivity contribution is 0.00292. The molecule has 3 nitrogen and oxygen atoms in total. The number of pyridine rings is 1. The Labute approximate surface area is 105 Å². The third-order valence-corrected chi connectivity index (χ3v) is 3.71. The minimum atomic E-state index is 0.444. The van der Waals surface area contributed by atoms with Gasteiger partial charge < -0.3 is 10.1 Å². The van der Waals surface area contributed by atoms with Gasteiger partial charge in [0.05, 0.1) is 11.8 Å². The molecule has 0 spiro atoms. The predicted octanol–water partition coefficient (Wildman–Crippen LogP) is 3.13. The summed E-state index contributed by atoms with van der Waals surface area (Å²) in [6.45, 7) is 4.85. The minimum absolute atomic E-state index is 0.444. The molecule has 1 aromatic heterocycles. The van der Waals surface area contributed by atoms with Crippen molar-refractivity contribution in [2.45, 2.75) is 38.8 Å². The topological polar surface area (TPSA) is 34.1 Å². The van der Waals surface area contributed by atoms with Crippen molar-refractivity contribution < 1.29 is 4.74 Å². The molecule has 0 atom stereocenters. The quantitative estimate of drug-likeness (QED) is 0.923. The lowest BCUT2D eigenvalue weighted by Crippen LogP contribution is -2.41. The van der Waals surface area contributed by atoms with Crippen molar-refractivity contribution in [1.29, 1.82) is 0 Å². The van der Waals surface area contributed by atoms with Gasteiger partial charge >= 0.3 is 0 Å². The van der Waals surface area contributed by atoms with Crippen molar-refractivity contribution in [3.05, 3.63) is 22.3 Å². The van der Waals surface area contributed by atoms with E-state index in [0.717, 1.165) is 35.4 Å². The van der Waals surface area contributed by atoms with Crippen LogP contribution in [0, 0.1) is 6.92 Å². The molecule has 0 amide bonds. The van der Waals surface area contributed by atoms with E-state index in [1.54, 1.807) is 0 Å². The average Bonchev–Trinajstić information content (AvgIpc) is 2.20. The summed E-state index contributed by atoms with van der Waals surface area (Å²) in [5.74, 6) is 0.959. The summed E-state index contributed by atoms with van der Waals surface area (Å²) in [7, 11) is 0.